The van der Waals surface area contributed by atoms with Crippen LogP contribution in [0.5, 0.6) is 46.0 Å². The molecule has 4 aromatic carbocycles. The van der Waals surface area contributed by atoms with E-state index in [-0.39, 0.29) is 53.1 Å². The van der Waals surface area contributed by atoms with E-state index in [0.29, 0.717) is 5.56 Å². The van der Waals surface area contributed by atoms with Gasteiger partial charge in [0.1, 0.15) is 12.0 Å². The van der Waals surface area contributed by atoms with Crippen molar-refractivity contribution in [2.75, 3.05) is 7.11 Å². The summed E-state index contributed by atoms with van der Waals surface area (Å²) in [5, 5.41) is 68.8. The van der Waals surface area contributed by atoms with Gasteiger partial charge in [-0.15, -0.1) is 0 Å². The van der Waals surface area contributed by atoms with Crippen molar-refractivity contribution in [2.45, 2.75) is 37.3 Å². The van der Waals surface area contributed by atoms with Gasteiger partial charge in [0.25, 0.3) is 12.8 Å². The number of carboxylic acid groups (broad SMARTS) is 1. The van der Waals surface area contributed by atoms with Gasteiger partial charge in [0.2, 0.25) is 6.10 Å². The fraction of sp³-hybridized carbons (Fsp3) is 0.189. The summed E-state index contributed by atoms with van der Waals surface area (Å²) >= 11 is 0. The van der Waals surface area contributed by atoms with Crippen molar-refractivity contribution in [3.05, 3.63) is 101 Å². The lowest BCUT2D eigenvalue weighted by molar-refractivity contribution is -0.182. The maximum atomic E-state index is 14.1. The van der Waals surface area contributed by atoms with Gasteiger partial charge >= 0.3 is 17.9 Å². The van der Waals surface area contributed by atoms with E-state index in [1.54, 1.807) is 0 Å². The molecule has 5 rings (SSSR count). The first-order valence-electron chi connectivity index (χ1n) is 15.6. The number of rotatable bonds is 14. The number of phenols is 6. The smallest absolute Gasteiger partial charge is 0.345 e. The normalized spacial score (nSPS) is 15.8. The minimum Gasteiger partial charge on any atom is -0.504 e. The Morgan fingerprint density at radius 2 is 1.38 bits per heavy atom. The second-order valence-corrected chi connectivity index (χ2v) is 11.6. The van der Waals surface area contributed by atoms with Gasteiger partial charge in [0.15, 0.2) is 46.0 Å². The molecule has 0 saturated carbocycles. The average Bonchev–Trinajstić information content (AvgIpc) is 3.52. The summed E-state index contributed by atoms with van der Waals surface area (Å²) in [5.74, 6) is -7.65. The van der Waals surface area contributed by atoms with Crippen LogP contribution in [0.4, 0.5) is 0 Å². The summed E-state index contributed by atoms with van der Waals surface area (Å²) < 4.78 is 27.5. The van der Waals surface area contributed by atoms with E-state index in [9.17, 15) is 54.9 Å². The van der Waals surface area contributed by atoms with Crippen LogP contribution < -0.4 is 9.47 Å². The second-order valence-electron chi connectivity index (χ2n) is 11.6. The first-order chi connectivity index (χ1) is 25.3. The van der Waals surface area contributed by atoms with Crippen LogP contribution in [0.25, 0.3) is 6.08 Å². The molecule has 7 N–H and O–H groups in total. The number of methoxy groups -OCH3 is 1. The Balaban J connectivity index is 1.49. The fourth-order valence-corrected chi connectivity index (χ4v) is 5.61. The van der Waals surface area contributed by atoms with Crippen molar-refractivity contribution >= 4 is 30.5 Å². The highest BCUT2D eigenvalue weighted by Gasteiger charge is 2.45. The second kappa shape index (κ2) is 15.8. The fourth-order valence-electron chi connectivity index (χ4n) is 5.61. The Bertz CT molecular complexity index is 2070. The largest absolute Gasteiger partial charge is 0.504 e. The molecule has 276 valence electrons. The highest BCUT2D eigenvalue weighted by Crippen LogP contribution is 2.53. The summed E-state index contributed by atoms with van der Waals surface area (Å²) in [7, 11) is 1.33. The van der Waals surface area contributed by atoms with Crippen LogP contribution in [-0.4, -0.2) is 79.6 Å². The highest BCUT2D eigenvalue weighted by atomic mass is 16.7. The minimum atomic E-state index is -1.69. The van der Waals surface area contributed by atoms with Crippen LogP contribution in [0.2, 0.25) is 0 Å². The van der Waals surface area contributed by atoms with Crippen LogP contribution in [0.3, 0.4) is 0 Å². The van der Waals surface area contributed by atoms with Gasteiger partial charge in [-0.3, -0.25) is 9.59 Å². The van der Waals surface area contributed by atoms with E-state index in [0.717, 1.165) is 24.3 Å². The van der Waals surface area contributed by atoms with E-state index in [2.05, 4.69) is 0 Å². The number of ether oxygens (including phenoxy) is 5. The van der Waals surface area contributed by atoms with Crippen LogP contribution in [0, 0.1) is 0 Å². The molecule has 0 radical (unpaired) electrons. The highest BCUT2D eigenvalue weighted by molar-refractivity contribution is 5.91. The lowest BCUT2D eigenvalue weighted by atomic mass is 9.87. The number of hydrogen-bond donors (Lipinski definition) is 7. The molecule has 1 aliphatic heterocycles. The molecule has 0 bridgehead atoms. The molecule has 53 heavy (non-hydrogen) atoms. The van der Waals surface area contributed by atoms with Crippen molar-refractivity contribution in [2.24, 2.45) is 0 Å². The zero-order chi connectivity index (χ0) is 38.4. The van der Waals surface area contributed by atoms with Crippen molar-refractivity contribution < 1.29 is 78.6 Å². The number of benzene rings is 4. The number of aliphatic carboxylic acids is 1. The van der Waals surface area contributed by atoms with Crippen LogP contribution in [0.15, 0.2) is 72.8 Å². The maximum Gasteiger partial charge on any atom is 0.345 e. The zero-order valence-corrected chi connectivity index (χ0v) is 27.6. The molecule has 0 spiro atoms. The van der Waals surface area contributed by atoms with Crippen LogP contribution in [0.1, 0.15) is 39.8 Å². The quantitative estimate of drug-likeness (QED) is 0.0321. The number of fused-ring (bicyclic) bond motifs is 1. The molecule has 1 heterocycles. The van der Waals surface area contributed by atoms with E-state index in [4.69, 9.17) is 23.7 Å². The van der Waals surface area contributed by atoms with E-state index < -0.39 is 76.8 Å². The molecule has 0 saturated heterocycles. The number of esters is 2. The van der Waals surface area contributed by atoms with Crippen molar-refractivity contribution in [1.82, 2.24) is 0 Å². The van der Waals surface area contributed by atoms with E-state index >= 15 is 0 Å². The van der Waals surface area contributed by atoms with Crippen molar-refractivity contribution in [3.8, 4) is 46.0 Å². The molecule has 0 unspecified atom stereocenters. The van der Waals surface area contributed by atoms with Crippen molar-refractivity contribution in [1.29, 1.82) is 0 Å². The van der Waals surface area contributed by atoms with Gasteiger partial charge < -0.3 is 59.4 Å². The Kier molecular flexibility index (Phi) is 11.1. The molecule has 0 aliphatic carbocycles. The van der Waals surface area contributed by atoms with Gasteiger partial charge in [-0.05, 0) is 70.8 Å². The van der Waals surface area contributed by atoms with Gasteiger partial charge in [0, 0.05) is 24.5 Å². The Morgan fingerprint density at radius 3 is 1.94 bits per heavy atom. The van der Waals surface area contributed by atoms with Gasteiger partial charge in [-0.2, -0.15) is 0 Å². The lowest BCUT2D eigenvalue weighted by Gasteiger charge is -2.22. The Hall–Kier alpha value is -7.10. The summed E-state index contributed by atoms with van der Waals surface area (Å²) in [6.45, 7) is 0.0460. The molecule has 4 atom stereocenters. The molecule has 4 aromatic rings. The third kappa shape index (κ3) is 8.45. The number of carbonyl (C=O) groups is 4. The third-order valence-electron chi connectivity index (χ3n) is 8.14. The standard InChI is InChI=1S/C37H32O16/c1-49-28-10-5-20(6-11-30(45)51-29(36(46)47)14-18-2-7-22(39)25(42)12-18)32-33(34(53-35(28)32)21-4-9-24(41)27(44)16-21)37(48)52-31(50-17-38)15-19-3-8-23(40)26(43)13-19/h2-13,16-17,29,31,33-34,39-44H,14-15H2,1H3,(H,46,47)/b11-6+/t29-,31-,33+,34-/m1/s1. The lowest BCUT2D eigenvalue weighted by Crippen LogP contribution is -2.29. The number of carboxylic acids is 1. The van der Waals surface area contributed by atoms with Gasteiger partial charge in [-0.1, -0.05) is 24.3 Å². The topological polar surface area (TPSA) is 256 Å². The van der Waals surface area contributed by atoms with E-state index in [1.165, 1.54) is 61.7 Å². The monoisotopic (exact) mass is 732 g/mol. The summed E-state index contributed by atoms with van der Waals surface area (Å²) in [6.07, 6.45) is -2.97. The number of hydrogen-bond acceptors (Lipinski definition) is 15. The SMILES string of the molecule is COc1ccc(/C=C/C(=O)O[C@H](Cc2ccc(O)c(O)c2)C(=O)O)c2c1O[C@H](c1ccc(O)c(O)c1)[C@H]2C(=O)O[C@H](Cc1ccc(O)c(O)c1)OC=O. The predicted molar refractivity (Wildman–Crippen MR) is 179 cm³/mol. The summed E-state index contributed by atoms with van der Waals surface area (Å²) in [4.78, 5) is 50.4. The minimum absolute atomic E-state index is 0.0226. The molecule has 0 fully saturated rings. The number of phenolic OH excluding ortho intramolecular Hbond substituents is 6. The first kappa shape index (κ1) is 37.2. The number of aromatic hydroxyl groups is 6. The average molecular weight is 733 g/mol. The predicted octanol–water partition coefficient (Wildman–Crippen LogP) is 3.68. The number of carbonyl (C=O) groups excluding carboxylic acids is 3. The zero-order valence-electron chi connectivity index (χ0n) is 27.6. The summed E-state index contributed by atoms with van der Waals surface area (Å²) in [5.41, 5.74) is 1.04. The summed E-state index contributed by atoms with van der Waals surface area (Å²) in [6, 6.07) is 14.0. The van der Waals surface area contributed by atoms with Crippen molar-refractivity contribution in [3.63, 3.8) is 0 Å². The van der Waals surface area contributed by atoms with Gasteiger partial charge in [-0.25, -0.2) is 9.59 Å². The van der Waals surface area contributed by atoms with Crippen LogP contribution in [-0.2, 0) is 46.2 Å². The van der Waals surface area contributed by atoms with E-state index in [1.807, 2.05) is 0 Å². The van der Waals surface area contributed by atoms with Gasteiger partial charge in [0.05, 0.1) is 7.11 Å². The molecule has 0 amide bonds. The molecule has 16 nitrogen and oxygen atoms in total. The molecule has 1 aliphatic rings. The maximum absolute atomic E-state index is 14.1. The van der Waals surface area contributed by atoms with Crippen LogP contribution >= 0.6 is 0 Å². The third-order valence-corrected chi connectivity index (χ3v) is 8.14. The Labute approximate surface area is 299 Å². The Morgan fingerprint density at radius 1 is 0.774 bits per heavy atom. The molecule has 16 heteroatoms. The molecular formula is C37H32O16. The molecule has 0 aromatic heterocycles. The molecular weight excluding hydrogens is 700 g/mol. The first-order valence-corrected chi connectivity index (χ1v) is 15.6.